The standard InChI is InChI=1S/C13H20N2O2/c1-4-13(2,17-3)12-14-10-8-6-5-7-9(10)11(16)15-12/h4-8H2,1-3H3,(H,14,15,16). The van der Waals surface area contributed by atoms with Gasteiger partial charge in [-0.25, -0.2) is 4.98 Å². The summed E-state index contributed by atoms with van der Waals surface area (Å²) >= 11 is 0. The number of hydrogen-bond donors (Lipinski definition) is 1. The van der Waals surface area contributed by atoms with E-state index in [1.54, 1.807) is 7.11 Å². The van der Waals surface area contributed by atoms with Crippen LogP contribution >= 0.6 is 0 Å². The number of aromatic nitrogens is 2. The van der Waals surface area contributed by atoms with Crippen LogP contribution < -0.4 is 5.56 Å². The predicted molar refractivity (Wildman–Crippen MR) is 66.2 cm³/mol. The van der Waals surface area contributed by atoms with Crippen LogP contribution in [0.2, 0.25) is 0 Å². The Morgan fingerprint density at radius 2 is 2.12 bits per heavy atom. The first kappa shape index (κ1) is 12.3. The number of rotatable bonds is 3. The summed E-state index contributed by atoms with van der Waals surface area (Å²) in [6.45, 7) is 3.99. The Labute approximate surface area is 101 Å². The molecule has 0 saturated carbocycles. The maximum atomic E-state index is 12.0. The molecule has 0 aliphatic heterocycles. The van der Waals surface area contributed by atoms with Gasteiger partial charge in [0.05, 0.1) is 5.69 Å². The fourth-order valence-corrected chi connectivity index (χ4v) is 2.26. The summed E-state index contributed by atoms with van der Waals surface area (Å²) < 4.78 is 5.49. The third-order valence-electron chi connectivity index (χ3n) is 3.82. The van der Waals surface area contributed by atoms with Gasteiger partial charge in [-0.2, -0.15) is 0 Å². The lowest BCUT2D eigenvalue weighted by Crippen LogP contribution is -2.32. The average molecular weight is 236 g/mol. The fraction of sp³-hybridized carbons (Fsp3) is 0.692. The van der Waals surface area contributed by atoms with Crippen molar-refractivity contribution in [1.29, 1.82) is 0 Å². The van der Waals surface area contributed by atoms with E-state index in [9.17, 15) is 4.79 Å². The molecule has 1 aromatic rings. The Morgan fingerprint density at radius 3 is 2.76 bits per heavy atom. The second kappa shape index (κ2) is 4.61. The molecule has 0 bridgehead atoms. The zero-order valence-electron chi connectivity index (χ0n) is 10.8. The van der Waals surface area contributed by atoms with Crippen molar-refractivity contribution in [3.8, 4) is 0 Å². The van der Waals surface area contributed by atoms with Gasteiger partial charge < -0.3 is 9.72 Å². The molecule has 1 atom stereocenters. The molecule has 2 rings (SSSR count). The normalized spacial score (nSPS) is 18.5. The van der Waals surface area contributed by atoms with Gasteiger partial charge in [-0.1, -0.05) is 6.92 Å². The minimum atomic E-state index is -0.494. The van der Waals surface area contributed by atoms with E-state index in [0.717, 1.165) is 43.4 Å². The fourth-order valence-electron chi connectivity index (χ4n) is 2.26. The number of aromatic amines is 1. The van der Waals surface area contributed by atoms with Gasteiger partial charge in [0.2, 0.25) is 0 Å². The highest BCUT2D eigenvalue weighted by Crippen LogP contribution is 2.26. The Bertz CT molecular complexity index is 461. The molecule has 4 heteroatoms. The first-order valence-electron chi connectivity index (χ1n) is 6.28. The van der Waals surface area contributed by atoms with Gasteiger partial charge in [-0.15, -0.1) is 0 Å². The van der Waals surface area contributed by atoms with Crippen molar-refractivity contribution in [1.82, 2.24) is 9.97 Å². The highest BCUT2D eigenvalue weighted by molar-refractivity contribution is 5.22. The second-order valence-electron chi connectivity index (χ2n) is 4.84. The molecule has 0 spiro atoms. The molecule has 1 aliphatic carbocycles. The highest BCUT2D eigenvalue weighted by Gasteiger charge is 2.28. The van der Waals surface area contributed by atoms with Crippen molar-refractivity contribution < 1.29 is 4.74 Å². The van der Waals surface area contributed by atoms with E-state index >= 15 is 0 Å². The summed E-state index contributed by atoms with van der Waals surface area (Å²) in [5, 5.41) is 0. The van der Waals surface area contributed by atoms with E-state index in [1.165, 1.54) is 0 Å². The molecule has 1 unspecified atom stereocenters. The van der Waals surface area contributed by atoms with Crippen molar-refractivity contribution in [3.05, 3.63) is 27.4 Å². The Morgan fingerprint density at radius 1 is 1.41 bits per heavy atom. The molecule has 1 N–H and O–H groups in total. The van der Waals surface area contributed by atoms with Crippen LogP contribution in [-0.2, 0) is 23.2 Å². The number of nitrogens with one attached hydrogen (secondary N) is 1. The minimum Gasteiger partial charge on any atom is -0.371 e. The molecule has 0 fully saturated rings. The minimum absolute atomic E-state index is 0.0152. The van der Waals surface area contributed by atoms with E-state index in [0.29, 0.717) is 5.82 Å². The van der Waals surface area contributed by atoms with E-state index in [-0.39, 0.29) is 5.56 Å². The van der Waals surface area contributed by atoms with Crippen LogP contribution in [0, 0.1) is 0 Å². The smallest absolute Gasteiger partial charge is 0.254 e. The predicted octanol–water partition coefficient (Wildman–Crippen LogP) is 1.92. The first-order chi connectivity index (χ1) is 8.10. The zero-order valence-corrected chi connectivity index (χ0v) is 10.8. The summed E-state index contributed by atoms with van der Waals surface area (Å²) in [6.07, 6.45) is 4.76. The monoisotopic (exact) mass is 236 g/mol. The number of H-pyrrole nitrogens is 1. The Hall–Kier alpha value is -1.16. The molecule has 0 radical (unpaired) electrons. The summed E-state index contributed by atoms with van der Waals surface area (Å²) in [4.78, 5) is 19.5. The van der Waals surface area contributed by atoms with Crippen LogP contribution in [0.5, 0.6) is 0 Å². The Kier molecular flexibility index (Phi) is 3.33. The second-order valence-corrected chi connectivity index (χ2v) is 4.84. The first-order valence-corrected chi connectivity index (χ1v) is 6.28. The third kappa shape index (κ3) is 2.14. The van der Waals surface area contributed by atoms with E-state index in [1.807, 2.05) is 13.8 Å². The van der Waals surface area contributed by atoms with Gasteiger partial charge in [-0.05, 0) is 39.0 Å². The van der Waals surface area contributed by atoms with Crippen LogP contribution in [0.15, 0.2) is 4.79 Å². The molecule has 0 aromatic carbocycles. The molecule has 1 aliphatic rings. The summed E-state index contributed by atoms with van der Waals surface area (Å²) in [6, 6.07) is 0. The van der Waals surface area contributed by atoms with Crippen molar-refractivity contribution >= 4 is 0 Å². The van der Waals surface area contributed by atoms with Gasteiger partial charge in [0, 0.05) is 12.7 Å². The molecule has 94 valence electrons. The lowest BCUT2D eigenvalue weighted by Gasteiger charge is -2.27. The molecule has 0 amide bonds. The maximum absolute atomic E-state index is 12.0. The lowest BCUT2D eigenvalue weighted by molar-refractivity contribution is -0.00943. The largest absolute Gasteiger partial charge is 0.371 e. The quantitative estimate of drug-likeness (QED) is 0.872. The lowest BCUT2D eigenvalue weighted by atomic mass is 9.95. The molecule has 0 saturated heterocycles. The molecule has 4 nitrogen and oxygen atoms in total. The molecular formula is C13H20N2O2. The number of ether oxygens (including phenoxy) is 1. The summed E-state index contributed by atoms with van der Waals surface area (Å²) in [7, 11) is 1.66. The van der Waals surface area contributed by atoms with Crippen LogP contribution in [0.3, 0.4) is 0 Å². The van der Waals surface area contributed by atoms with Crippen molar-refractivity contribution in [2.75, 3.05) is 7.11 Å². The van der Waals surface area contributed by atoms with Crippen LogP contribution in [-0.4, -0.2) is 17.1 Å². The number of methoxy groups -OCH3 is 1. The van der Waals surface area contributed by atoms with Crippen LogP contribution in [0.25, 0.3) is 0 Å². The van der Waals surface area contributed by atoms with Crippen molar-refractivity contribution in [3.63, 3.8) is 0 Å². The Balaban J connectivity index is 2.51. The van der Waals surface area contributed by atoms with Gasteiger partial charge >= 0.3 is 0 Å². The van der Waals surface area contributed by atoms with Crippen LogP contribution in [0.4, 0.5) is 0 Å². The molecule has 17 heavy (non-hydrogen) atoms. The number of fused-ring (bicyclic) bond motifs is 1. The summed E-state index contributed by atoms with van der Waals surface area (Å²) in [5.41, 5.74) is 1.36. The van der Waals surface area contributed by atoms with E-state index in [4.69, 9.17) is 4.74 Å². The van der Waals surface area contributed by atoms with Gasteiger partial charge in [0.25, 0.3) is 5.56 Å². The van der Waals surface area contributed by atoms with Gasteiger partial charge in [0.1, 0.15) is 11.4 Å². The number of hydrogen-bond acceptors (Lipinski definition) is 3. The topological polar surface area (TPSA) is 55.0 Å². The number of nitrogens with zero attached hydrogens (tertiary/aromatic N) is 1. The molecule has 1 aromatic heterocycles. The summed E-state index contributed by atoms with van der Waals surface area (Å²) in [5.74, 6) is 0.660. The zero-order chi connectivity index (χ0) is 12.5. The number of aryl methyl sites for hydroxylation is 1. The SMILES string of the molecule is CCC(C)(OC)c1nc2c(c(=O)[nH]1)CCCC2. The van der Waals surface area contributed by atoms with E-state index < -0.39 is 5.60 Å². The van der Waals surface area contributed by atoms with Gasteiger partial charge in [0.15, 0.2) is 0 Å². The van der Waals surface area contributed by atoms with Crippen molar-refractivity contribution in [2.24, 2.45) is 0 Å². The maximum Gasteiger partial charge on any atom is 0.254 e. The molecular weight excluding hydrogens is 216 g/mol. The highest BCUT2D eigenvalue weighted by atomic mass is 16.5. The van der Waals surface area contributed by atoms with Gasteiger partial charge in [-0.3, -0.25) is 4.79 Å². The van der Waals surface area contributed by atoms with Crippen LogP contribution in [0.1, 0.15) is 50.2 Å². The third-order valence-corrected chi connectivity index (χ3v) is 3.82. The molecule has 1 heterocycles. The van der Waals surface area contributed by atoms with Crippen molar-refractivity contribution in [2.45, 2.75) is 51.6 Å². The average Bonchev–Trinajstić information content (AvgIpc) is 2.38. The van der Waals surface area contributed by atoms with E-state index in [2.05, 4.69) is 9.97 Å².